The van der Waals surface area contributed by atoms with Gasteiger partial charge in [-0.3, -0.25) is 4.79 Å². The zero-order valence-corrected chi connectivity index (χ0v) is 12.3. The number of thioether (sulfide) groups is 1. The van der Waals surface area contributed by atoms with Gasteiger partial charge >= 0.3 is 6.18 Å². The van der Waals surface area contributed by atoms with E-state index >= 15 is 0 Å². The molecule has 0 radical (unpaired) electrons. The second kappa shape index (κ2) is 8.14. The van der Waals surface area contributed by atoms with Crippen LogP contribution in [-0.2, 0) is 15.7 Å². The molecule has 8 heteroatoms. The summed E-state index contributed by atoms with van der Waals surface area (Å²) in [4.78, 5) is 11.6. The van der Waals surface area contributed by atoms with Gasteiger partial charge in [0, 0.05) is 36.4 Å². The number of nitrogens with two attached hydrogens (primary N) is 1. The number of nitrogen functional groups attached to an aromatic ring is 1. The molecular weight excluding hydrogens is 305 g/mol. The van der Waals surface area contributed by atoms with Gasteiger partial charge in [0.15, 0.2) is 0 Å². The van der Waals surface area contributed by atoms with E-state index in [0.29, 0.717) is 12.4 Å². The number of halogens is 3. The summed E-state index contributed by atoms with van der Waals surface area (Å²) in [7, 11) is 1.59. The van der Waals surface area contributed by atoms with E-state index in [0.717, 1.165) is 17.9 Å². The Kier molecular flexibility index (Phi) is 6.83. The quantitative estimate of drug-likeness (QED) is 0.598. The minimum absolute atomic E-state index is 0.0865. The van der Waals surface area contributed by atoms with Crippen LogP contribution in [0.5, 0.6) is 0 Å². The predicted molar refractivity (Wildman–Crippen MR) is 78.3 cm³/mol. The molecule has 0 saturated carbocycles. The summed E-state index contributed by atoms with van der Waals surface area (Å²) in [5.41, 5.74) is 4.06. The van der Waals surface area contributed by atoms with Gasteiger partial charge in [0.2, 0.25) is 5.91 Å². The van der Waals surface area contributed by atoms with Crippen molar-refractivity contribution < 1.29 is 22.7 Å². The molecule has 0 aliphatic rings. The number of nitrogens with one attached hydrogen (secondary N) is 1. The summed E-state index contributed by atoms with van der Waals surface area (Å²) >= 11 is 1.54. The van der Waals surface area contributed by atoms with Crippen LogP contribution in [0.15, 0.2) is 18.2 Å². The Morgan fingerprint density at radius 1 is 1.38 bits per heavy atom. The predicted octanol–water partition coefficient (Wildman–Crippen LogP) is 3.00. The minimum Gasteiger partial charge on any atom is -0.398 e. The topological polar surface area (TPSA) is 64.3 Å². The monoisotopic (exact) mass is 322 g/mol. The minimum atomic E-state index is -4.54. The number of rotatable bonds is 7. The molecule has 1 aromatic rings. The Balaban J connectivity index is 2.53. The molecule has 0 atom stereocenters. The lowest BCUT2D eigenvalue weighted by molar-refractivity contribution is -0.136. The summed E-state index contributed by atoms with van der Waals surface area (Å²) in [6.07, 6.45) is -4.32. The van der Waals surface area contributed by atoms with Crippen LogP contribution in [0.25, 0.3) is 0 Å². The maximum atomic E-state index is 12.7. The highest BCUT2D eigenvalue weighted by atomic mass is 32.2. The maximum Gasteiger partial charge on any atom is 0.418 e. The van der Waals surface area contributed by atoms with Crippen molar-refractivity contribution in [1.82, 2.24) is 0 Å². The van der Waals surface area contributed by atoms with E-state index < -0.39 is 11.7 Å². The number of carbonyl (C=O) groups excluding carboxylic acids is 1. The van der Waals surface area contributed by atoms with Crippen LogP contribution in [-0.4, -0.2) is 31.1 Å². The van der Waals surface area contributed by atoms with Gasteiger partial charge < -0.3 is 15.8 Å². The highest BCUT2D eigenvalue weighted by Gasteiger charge is 2.33. The van der Waals surface area contributed by atoms with E-state index in [-0.39, 0.29) is 23.7 Å². The first-order valence-corrected chi connectivity index (χ1v) is 7.33. The Hall–Kier alpha value is -1.41. The Morgan fingerprint density at radius 2 is 2.10 bits per heavy atom. The van der Waals surface area contributed by atoms with Crippen LogP contribution in [0.1, 0.15) is 12.0 Å². The standard InChI is InChI=1S/C13H17F3N2O2S/c1-20-5-7-21-6-4-12(19)18-9-2-3-11(17)10(8-9)13(14,15)16/h2-3,8H,4-7,17H2,1H3,(H,18,19). The molecule has 118 valence electrons. The Bertz CT molecular complexity index is 481. The summed E-state index contributed by atoms with van der Waals surface area (Å²) in [6, 6.07) is 3.32. The molecule has 1 rings (SSSR count). The number of carbonyl (C=O) groups is 1. The second-order valence-corrected chi connectivity index (χ2v) is 5.43. The van der Waals surface area contributed by atoms with E-state index in [4.69, 9.17) is 10.5 Å². The average molecular weight is 322 g/mol. The summed E-state index contributed by atoms with van der Waals surface area (Å²) in [5, 5.41) is 2.43. The van der Waals surface area contributed by atoms with Gasteiger partial charge in [-0.25, -0.2) is 0 Å². The molecule has 0 aromatic heterocycles. The van der Waals surface area contributed by atoms with Crippen molar-refractivity contribution in [3.8, 4) is 0 Å². The van der Waals surface area contributed by atoms with E-state index in [1.54, 1.807) is 18.9 Å². The smallest absolute Gasteiger partial charge is 0.398 e. The van der Waals surface area contributed by atoms with Gasteiger partial charge in [-0.1, -0.05) is 0 Å². The lowest BCUT2D eigenvalue weighted by atomic mass is 10.1. The van der Waals surface area contributed by atoms with Crippen molar-refractivity contribution in [3.63, 3.8) is 0 Å². The Morgan fingerprint density at radius 3 is 2.71 bits per heavy atom. The maximum absolute atomic E-state index is 12.7. The zero-order chi connectivity index (χ0) is 15.9. The van der Waals surface area contributed by atoms with Crippen molar-refractivity contribution in [2.24, 2.45) is 0 Å². The number of benzene rings is 1. The number of amides is 1. The van der Waals surface area contributed by atoms with Crippen LogP contribution in [0.3, 0.4) is 0 Å². The lowest BCUT2D eigenvalue weighted by Crippen LogP contribution is -2.14. The molecule has 4 nitrogen and oxygen atoms in total. The molecule has 0 spiro atoms. The molecule has 1 amide bonds. The second-order valence-electron chi connectivity index (χ2n) is 4.20. The normalized spacial score (nSPS) is 11.4. The van der Waals surface area contributed by atoms with Crippen LogP contribution < -0.4 is 11.1 Å². The zero-order valence-electron chi connectivity index (χ0n) is 11.5. The molecule has 0 saturated heterocycles. The van der Waals surface area contributed by atoms with Gasteiger partial charge in [-0.15, -0.1) is 0 Å². The summed E-state index contributed by atoms with van der Waals surface area (Å²) in [6.45, 7) is 0.596. The largest absolute Gasteiger partial charge is 0.418 e. The molecule has 0 bridgehead atoms. The summed E-state index contributed by atoms with van der Waals surface area (Å²) < 4.78 is 42.9. The van der Waals surface area contributed by atoms with Gasteiger partial charge in [0.25, 0.3) is 0 Å². The van der Waals surface area contributed by atoms with Crippen LogP contribution in [0.2, 0.25) is 0 Å². The van der Waals surface area contributed by atoms with Gasteiger partial charge in [0.1, 0.15) is 0 Å². The first-order valence-electron chi connectivity index (χ1n) is 6.18. The fourth-order valence-corrected chi connectivity index (χ4v) is 2.33. The molecule has 0 aliphatic carbocycles. The first kappa shape index (κ1) is 17.6. The molecule has 0 heterocycles. The van der Waals surface area contributed by atoms with Gasteiger partial charge in [0.05, 0.1) is 12.2 Å². The lowest BCUT2D eigenvalue weighted by Gasteiger charge is -2.12. The molecular formula is C13H17F3N2O2S. The molecule has 21 heavy (non-hydrogen) atoms. The highest BCUT2D eigenvalue weighted by molar-refractivity contribution is 7.99. The summed E-state index contributed by atoms with van der Waals surface area (Å²) in [5.74, 6) is 1.01. The van der Waals surface area contributed by atoms with Crippen molar-refractivity contribution in [2.45, 2.75) is 12.6 Å². The molecule has 0 aliphatic heterocycles. The fourth-order valence-electron chi connectivity index (χ4n) is 1.51. The highest BCUT2D eigenvalue weighted by Crippen LogP contribution is 2.35. The molecule has 1 aromatic carbocycles. The van der Waals surface area contributed by atoms with E-state index in [1.807, 2.05) is 0 Å². The number of alkyl halides is 3. The molecule has 3 N–H and O–H groups in total. The van der Waals surface area contributed by atoms with Crippen molar-refractivity contribution >= 4 is 29.0 Å². The number of methoxy groups -OCH3 is 1. The Labute approximate surface area is 125 Å². The van der Waals surface area contributed by atoms with E-state index in [1.165, 1.54) is 6.07 Å². The number of hydrogen-bond donors (Lipinski definition) is 2. The van der Waals surface area contributed by atoms with Crippen molar-refractivity contribution in [1.29, 1.82) is 0 Å². The SMILES string of the molecule is COCCSCCC(=O)Nc1ccc(N)c(C(F)(F)F)c1. The van der Waals surface area contributed by atoms with Crippen LogP contribution in [0.4, 0.5) is 24.5 Å². The van der Waals surface area contributed by atoms with E-state index in [2.05, 4.69) is 5.32 Å². The number of anilines is 2. The van der Waals surface area contributed by atoms with E-state index in [9.17, 15) is 18.0 Å². The number of hydrogen-bond acceptors (Lipinski definition) is 4. The van der Waals surface area contributed by atoms with Crippen molar-refractivity contribution in [2.75, 3.05) is 36.3 Å². The average Bonchev–Trinajstić information content (AvgIpc) is 2.39. The van der Waals surface area contributed by atoms with Crippen molar-refractivity contribution in [3.05, 3.63) is 23.8 Å². The third kappa shape index (κ3) is 6.26. The molecule has 0 fully saturated rings. The number of ether oxygens (including phenoxy) is 1. The van der Waals surface area contributed by atoms with Crippen LogP contribution in [0, 0.1) is 0 Å². The van der Waals surface area contributed by atoms with Gasteiger partial charge in [-0.2, -0.15) is 24.9 Å². The first-order chi connectivity index (χ1) is 9.84. The fraction of sp³-hybridized carbons (Fsp3) is 0.462. The third-order valence-electron chi connectivity index (χ3n) is 2.55. The van der Waals surface area contributed by atoms with Crippen LogP contribution >= 0.6 is 11.8 Å². The third-order valence-corrected chi connectivity index (χ3v) is 3.50. The molecule has 0 unspecified atom stereocenters. The van der Waals surface area contributed by atoms with Gasteiger partial charge in [-0.05, 0) is 18.2 Å².